The van der Waals surface area contributed by atoms with Crippen molar-refractivity contribution in [2.45, 2.75) is 6.92 Å². The van der Waals surface area contributed by atoms with E-state index in [2.05, 4.69) is 26.7 Å². The fraction of sp³-hybridized carbons (Fsp3) is 0.105. The maximum absolute atomic E-state index is 8.86. The lowest BCUT2D eigenvalue weighted by molar-refractivity contribution is 0.415. The van der Waals surface area contributed by atoms with Gasteiger partial charge >= 0.3 is 0 Å². The minimum atomic E-state index is 0.501. The first-order valence-electron chi connectivity index (χ1n) is 7.70. The highest BCUT2D eigenvalue weighted by Crippen LogP contribution is 2.21. The van der Waals surface area contributed by atoms with E-state index < -0.39 is 0 Å². The Morgan fingerprint density at radius 2 is 1.56 bits per heavy atom. The van der Waals surface area contributed by atoms with Gasteiger partial charge in [0, 0.05) is 23.1 Å². The van der Waals surface area contributed by atoms with Crippen molar-refractivity contribution in [3.63, 3.8) is 0 Å². The van der Waals surface area contributed by atoms with Crippen LogP contribution in [0.5, 0.6) is 5.75 Å². The topological polar surface area (TPSA) is 82.9 Å². The van der Waals surface area contributed by atoms with Crippen molar-refractivity contribution < 1.29 is 4.74 Å². The highest BCUT2D eigenvalue weighted by atomic mass is 16.5. The lowest BCUT2D eigenvalue weighted by Gasteiger charge is -2.10. The maximum Gasteiger partial charge on any atom is 0.229 e. The van der Waals surface area contributed by atoms with Crippen LogP contribution in [0.25, 0.3) is 0 Å². The van der Waals surface area contributed by atoms with Crippen LogP contribution in [0.1, 0.15) is 11.3 Å². The molecule has 3 aromatic rings. The predicted molar refractivity (Wildman–Crippen MR) is 97.5 cm³/mol. The molecule has 0 saturated heterocycles. The highest BCUT2D eigenvalue weighted by molar-refractivity contribution is 5.61. The number of aromatic nitrogens is 2. The first kappa shape index (κ1) is 16.3. The molecule has 0 fully saturated rings. The van der Waals surface area contributed by atoms with Gasteiger partial charge in [-0.15, -0.1) is 0 Å². The van der Waals surface area contributed by atoms with Gasteiger partial charge in [-0.25, -0.2) is 4.98 Å². The molecule has 3 rings (SSSR count). The van der Waals surface area contributed by atoms with Gasteiger partial charge in [0.25, 0.3) is 0 Å². The van der Waals surface area contributed by atoms with Crippen LogP contribution in [0.15, 0.2) is 54.6 Å². The SMILES string of the molecule is COc1ccc(Nc2nc(C)cc(Nc3ccc(C#N)cc3)n2)cc1. The zero-order valence-corrected chi connectivity index (χ0v) is 13.9. The zero-order valence-electron chi connectivity index (χ0n) is 13.9. The average molecular weight is 331 g/mol. The maximum atomic E-state index is 8.86. The van der Waals surface area contributed by atoms with Gasteiger partial charge in [-0.05, 0) is 55.5 Å². The molecule has 0 unspecified atom stereocenters. The Balaban J connectivity index is 1.78. The lowest BCUT2D eigenvalue weighted by Crippen LogP contribution is -2.02. The van der Waals surface area contributed by atoms with Crippen LogP contribution >= 0.6 is 0 Å². The summed E-state index contributed by atoms with van der Waals surface area (Å²) in [6, 6.07) is 18.7. The summed E-state index contributed by atoms with van der Waals surface area (Å²) < 4.78 is 5.15. The summed E-state index contributed by atoms with van der Waals surface area (Å²) in [5.74, 6) is 1.97. The number of hydrogen-bond donors (Lipinski definition) is 2. The number of methoxy groups -OCH3 is 1. The van der Waals surface area contributed by atoms with Crippen LogP contribution in [-0.2, 0) is 0 Å². The number of nitriles is 1. The number of nitrogens with one attached hydrogen (secondary N) is 2. The van der Waals surface area contributed by atoms with Crippen LogP contribution in [0, 0.1) is 18.3 Å². The van der Waals surface area contributed by atoms with Crippen molar-refractivity contribution in [2.24, 2.45) is 0 Å². The summed E-state index contributed by atoms with van der Waals surface area (Å²) >= 11 is 0. The molecule has 0 aliphatic heterocycles. The number of ether oxygens (including phenoxy) is 1. The quantitative estimate of drug-likeness (QED) is 0.730. The summed E-state index contributed by atoms with van der Waals surface area (Å²) in [4.78, 5) is 8.88. The monoisotopic (exact) mass is 331 g/mol. The molecule has 25 heavy (non-hydrogen) atoms. The number of benzene rings is 2. The molecule has 0 aliphatic carbocycles. The van der Waals surface area contributed by atoms with E-state index in [0.29, 0.717) is 17.3 Å². The number of hydrogen-bond acceptors (Lipinski definition) is 6. The van der Waals surface area contributed by atoms with Gasteiger partial charge in [-0.2, -0.15) is 10.2 Å². The second kappa shape index (κ2) is 7.32. The van der Waals surface area contributed by atoms with E-state index in [4.69, 9.17) is 10.00 Å². The largest absolute Gasteiger partial charge is 0.497 e. The fourth-order valence-electron chi connectivity index (χ4n) is 2.27. The Hall–Kier alpha value is -3.59. The van der Waals surface area contributed by atoms with E-state index in [1.807, 2.05) is 49.4 Å². The third kappa shape index (κ3) is 4.24. The molecule has 6 nitrogen and oxygen atoms in total. The van der Waals surface area contributed by atoms with Crippen molar-refractivity contribution in [2.75, 3.05) is 17.7 Å². The molecule has 1 aromatic heterocycles. The minimum absolute atomic E-state index is 0.501. The summed E-state index contributed by atoms with van der Waals surface area (Å²) in [6.07, 6.45) is 0. The first-order valence-corrected chi connectivity index (χ1v) is 7.70. The van der Waals surface area contributed by atoms with Gasteiger partial charge in [0.1, 0.15) is 11.6 Å². The summed E-state index contributed by atoms with van der Waals surface area (Å²) in [5.41, 5.74) is 3.18. The van der Waals surface area contributed by atoms with Crippen molar-refractivity contribution >= 4 is 23.1 Å². The third-order valence-corrected chi connectivity index (χ3v) is 3.49. The van der Waals surface area contributed by atoms with Gasteiger partial charge in [0.15, 0.2) is 0 Å². The molecule has 0 amide bonds. The number of rotatable bonds is 5. The van der Waals surface area contributed by atoms with Crippen molar-refractivity contribution in [3.8, 4) is 11.8 Å². The van der Waals surface area contributed by atoms with E-state index in [-0.39, 0.29) is 0 Å². The van der Waals surface area contributed by atoms with Gasteiger partial charge in [0.2, 0.25) is 5.95 Å². The van der Waals surface area contributed by atoms with Crippen LogP contribution in [0.4, 0.5) is 23.1 Å². The van der Waals surface area contributed by atoms with E-state index in [1.165, 1.54) is 0 Å². The van der Waals surface area contributed by atoms with Crippen LogP contribution in [-0.4, -0.2) is 17.1 Å². The van der Waals surface area contributed by atoms with Crippen molar-refractivity contribution in [1.82, 2.24) is 9.97 Å². The van der Waals surface area contributed by atoms with Crippen molar-refractivity contribution in [3.05, 3.63) is 65.9 Å². The molecular formula is C19H17N5O. The van der Waals surface area contributed by atoms with E-state index in [9.17, 15) is 0 Å². The smallest absolute Gasteiger partial charge is 0.229 e. The molecular weight excluding hydrogens is 314 g/mol. The molecule has 6 heteroatoms. The summed E-state index contributed by atoms with van der Waals surface area (Å²) in [5, 5.41) is 15.3. The Labute approximate surface area is 146 Å². The van der Waals surface area contributed by atoms with Crippen LogP contribution in [0.2, 0.25) is 0 Å². The summed E-state index contributed by atoms with van der Waals surface area (Å²) in [6.45, 7) is 1.91. The van der Waals surface area contributed by atoms with Crippen LogP contribution < -0.4 is 15.4 Å². The lowest BCUT2D eigenvalue weighted by atomic mass is 10.2. The molecule has 2 N–H and O–H groups in total. The fourth-order valence-corrected chi connectivity index (χ4v) is 2.27. The van der Waals surface area contributed by atoms with Gasteiger partial charge in [0.05, 0.1) is 18.7 Å². The second-order valence-corrected chi connectivity index (χ2v) is 5.39. The Kier molecular flexibility index (Phi) is 4.77. The van der Waals surface area contributed by atoms with Crippen LogP contribution in [0.3, 0.4) is 0 Å². The standard InChI is InChI=1S/C19H17N5O/c1-13-11-18(22-15-5-3-14(12-20)4-6-15)24-19(21-13)23-16-7-9-17(25-2)10-8-16/h3-11H,1-2H3,(H2,21,22,23,24). The van der Waals surface area contributed by atoms with E-state index >= 15 is 0 Å². The van der Waals surface area contributed by atoms with E-state index in [1.54, 1.807) is 19.2 Å². The normalized spacial score (nSPS) is 9.96. The highest BCUT2D eigenvalue weighted by Gasteiger charge is 2.04. The second-order valence-electron chi connectivity index (χ2n) is 5.39. The molecule has 2 aromatic carbocycles. The number of aryl methyl sites for hydroxylation is 1. The molecule has 0 spiro atoms. The molecule has 0 radical (unpaired) electrons. The average Bonchev–Trinajstić information content (AvgIpc) is 2.62. The van der Waals surface area contributed by atoms with Gasteiger partial charge in [-0.3, -0.25) is 0 Å². The molecule has 0 aliphatic rings. The third-order valence-electron chi connectivity index (χ3n) is 3.49. The Morgan fingerprint density at radius 3 is 2.20 bits per heavy atom. The first-order chi connectivity index (χ1) is 12.2. The molecule has 0 saturated carbocycles. The molecule has 1 heterocycles. The number of nitrogens with zero attached hydrogens (tertiary/aromatic N) is 3. The summed E-state index contributed by atoms with van der Waals surface area (Å²) in [7, 11) is 1.63. The van der Waals surface area contributed by atoms with Crippen molar-refractivity contribution in [1.29, 1.82) is 5.26 Å². The molecule has 0 bridgehead atoms. The van der Waals surface area contributed by atoms with E-state index in [0.717, 1.165) is 22.8 Å². The predicted octanol–water partition coefficient (Wildman–Crippen LogP) is 4.15. The van der Waals surface area contributed by atoms with Gasteiger partial charge in [-0.1, -0.05) is 0 Å². The number of anilines is 4. The zero-order chi connectivity index (χ0) is 17.6. The Bertz CT molecular complexity index is 899. The minimum Gasteiger partial charge on any atom is -0.497 e. The molecule has 124 valence electrons. The Morgan fingerprint density at radius 1 is 0.920 bits per heavy atom. The molecule has 0 atom stereocenters. The van der Waals surface area contributed by atoms with Gasteiger partial charge < -0.3 is 15.4 Å².